The molecule has 0 bridgehead atoms. The summed E-state index contributed by atoms with van der Waals surface area (Å²) in [6, 6.07) is 2.35. The molecule has 2 N–H and O–H groups in total. The molecule has 1 heterocycles. The summed E-state index contributed by atoms with van der Waals surface area (Å²) in [4.78, 5) is 2.72. The van der Waals surface area contributed by atoms with Gasteiger partial charge in [-0.25, -0.2) is 0 Å². The van der Waals surface area contributed by atoms with Gasteiger partial charge in [-0.05, 0) is 32.6 Å². The van der Waals surface area contributed by atoms with Gasteiger partial charge in [0.2, 0.25) is 0 Å². The molecule has 2 atom stereocenters. The first kappa shape index (κ1) is 9.47. The van der Waals surface area contributed by atoms with Crippen LogP contribution in [0.3, 0.4) is 0 Å². The quantitative estimate of drug-likeness (QED) is 0.705. The molecule has 2 unspecified atom stereocenters. The van der Waals surface area contributed by atoms with Gasteiger partial charge in [0.1, 0.15) is 0 Å². The smallest absolute Gasteiger partial charge is 0.0224 e. The molecular weight excluding hydrogens is 160 g/mol. The Hall–Kier alpha value is -0.0800. The number of likely N-dealkylation sites (tertiary alicyclic amines) is 1. The van der Waals surface area contributed by atoms with Crippen LogP contribution >= 0.6 is 0 Å². The van der Waals surface area contributed by atoms with Crippen molar-refractivity contribution in [3.05, 3.63) is 0 Å². The summed E-state index contributed by atoms with van der Waals surface area (Å²) in [5.74, 6) is 0. The Balaban J connectivity index is 1.99. The highest BCUT2D eigenvalue weighted by molar-refractivity contribution is 4.91. The average Bonchev–Trinajstić information content (AvgIpc) is 2.05. The van der Waals surface area contributed by atoms with Gasteiger partial charge in [-0.1, -0.05) is 12.8 Å². The van der Waals surface area contributed by atoms with Gasteiger partial charge in [-0.15, -0.1) is 0 Å². The number of nitrogens with two attached hydrogens (primary N) is 1. The van der Waals surface area contributed by atoms with E-state index in [1.165, 1.54) is 38.5 Å². The number of hydrogen-bond acceptors (Lipinski definition) is 2. The molecule has 1 saturated carbocycles. The topological polar surface area (TPSA) is 29.3 Å². The van der Waals surface area contributed by atoms with Crippen LogP contribution in [-0.2, 0) is 0 Å². The van der Waals surface area contributed by atoms with E-state index < -0.39 is 0 Å². The zero-order valence-corrected chi connectivity index (χ0v) is 8.71. The van der Waals surface area contributed by atoms with Crippen molar-refractivity contribution in [1.29, 1.82) is 0 Å². The molecular formula is C11H22N2. The third-order valence-electron chi connectivity index (χ3n) is 3.86. The van der Waals surface area contributed by atoms with Crippen LogP contribution in [0.2, 0.25) is 0 Å². The highest BCUT2D eigenvalue weighted by Crippen LogP contribution is 2.33. The van der Waals surface area contributed by atoms with E-state index in [1.807, 2.05) is 0 Å². The third-order valence-corrected chi connectivity index (χ3v) is 3.86. The lowest BCUT2D eigenvalue weighted by molar-refractivity contribution is 0.0149. The van der Waals surface area contributed by atoms with E-state index in [9.17, 15) is 0 Å². The van der Waals surface area contributed by atoms with Gasteiger partial charge in [0.05, 0.1) is 0 Å². The molecule has 2 nitrogen and oxygen atoms in total. The summed E-state index contributed by atoms with van der Waals surface area (Å²) < 4.78 is 0. The molecule has 0 aromatic rings. The second-order valence-electron chi connectivity index (χ2n) is 4.70. The predicted molar refractivity (Wildman–Crippen MR) is 55.6 cm³/mol. The number of piperidine rings is 1. The molecule has 1 saturated heterocycles. The van der Waals surface area contributed by atoms with Gasteiger partial charge in [-0.3, -0.25) is 4.90 Å². The molecule has 0 aromatic carbocycles. The molecule has 2 fully saturated rings. The van der Waals surface area contributed by atoms with E-state index in [2.05, 4.69) is 11.8 Å². The van der Waals surface area contributed by atoms with Crippen LogP contribution in [0.4, 0.5) is 0 Å². The SMILES string of the molecule is CC1CCCC(CN)N1C1CCC1. The minimum absolute atomic E-state index is 0.689. The fourth-order valence-corrected chi connectivity index (χ4v) is 2.89. The van der Waals surface area contributed by atoms with E-state index >= 15 is 0 Å². The highest BCUT2D eigenvalue weighted by Gasteiger charge is 2.35. The van der Waals surface area contributed by atoms with E-state index in [-0.39, 0.29) is 0 Å². The molecule has 2 heteroatoms. The Kier molecular flexibility index (Phi) is 2.89. The lowest BCUT2D eigenvalue weighted by Gasteiger charge is -2.48. The van der Waals surface area contributed by atoms with Crippen LogP contribution in [0.1, 0.15) is 45.4 Å². The van der Waals surface area contributed by atoms with E-state index in [0.29, 0.717) is 6.04 Å². The van der Waals surface area contributed by atoms with Gasteiger partial charge in [0.25, 0.3) is 0 Å². The van der Waals surface area contributed by atoms with Gasteiger partial charge >= 0.3 is 0 Å². The van der Waals surface area contributed by atoms with Crippen molar-refractivity contribution >= 4 is 0 Å². The molecule has 2 rings (SSSR count). The third kappa shape index (κ3) is 1.75. The van der Waals surface area contributed by atoms with Crippen molar-refractivity contribution in [3.63, 3.8) is 0 Å². The number of rotatable bonds is 2. The van der Waals surface area contributed by atoms with Gasteiger partial charge in [-0.2, -0.15) is 0 Å². The molecule has 0 aromatic heterocycles. The first-order valence-corrected chi connectivity index (χ1v) is 5.80. The summed E-state index contributed by atoms with van der Waals surface area (Å²) in [7, 11) is 0. The molecule has 1 aliphatic heterocycles. The minimum Gasteiger partial charge on any atom is -0.329 e. The summed E-state index contributed by atoms with van der Waals surface area (Å²) in [5, 5.41) is 0. The maximum atomic E-state index is 5.83. The Bertz CT molecular complexity index is 163. The molecule has 2 aliphatic rings. The van der Waals surface area contributed by atoms with Crippen LogP contribution in [0.15, 0.2) is 0 Å². The Morgan fingerprint density at radius 1 is 1.15 bits per heavy atom. The van der Waals surface area contributed by atoms with Crippen molar-refractivity contribution < 1.29 is 0 Å². The first-order valence-electron chi connectivity index (χ1n) is 5.80. The van der Waals surface area contributed by atoms with Gasteiger partial charge < -0.3 is 5.73 Å². The zero-order chi connectivity index (χ0) is 9.26. The second-order valence-corrected chi connectivity index (χ2v) is 4.70. The fourth-order valence-electron chi connectivity index (χ4n) is 2.89. The summed E-state index contributed by atoms with van der Waals surface area (Å²) >= 11 is 0. The minimum atomic E-state index is 0.689. The largest absolute Gasteiger partial charge is 0.329 e. The lowest BCUT2D eigenvalue weighted by atomic mass is 9.85. The standard InChI is InChI=1S/C11H22N2/c1-9-4-2-7-11(8-12)13(9)10-5-3-6-10/h9-11H,2-8,12H2,1H3. The zero-order valence-electron chi connectivity index (χ0n) is 8.71. The maximum Gasteiger partial charge on any atom is 0.0224 e. The van der Waals surface area contributed by atoms with E-state index in [0.717, 1.165) is 18.6 Å². The first-order chi connectivity index (χ1) is 6.33. The van der Waals surface area contributed by atoms with Crippen molar-refractivity contribution in [2.24, 2.45) is 5.73 Å². The van der Waals surface area contributed by atoms with Crippen molar-refractivity contribution in [2.45, 2.75) is 63.6 Å². The van der Waals surface area contributed by atoms with Crippen molar-refractivity contribution in [3.8, 4) is 0 Å². The Morgan fingerprint density at radius 3 is 2.38 bits per heavy atom. The average molecular weight is 182 g/mol. The van der Waals surface area contributed by atoms with Crippen LogP contribution in [0.5, 0.6) is 0 Å². The van der Waals surface area contributed by atoms with Crippen LogP contribution < -0.4 is 5.73 Å². The Labute approximate surface area is 81.5 Å². The molecule has 1 aliphatic carbocycles. The lowest BCUT2D eigenvalue weighted by Crippen LogP contribution is -2.55. The second kappa shape index (κ2) is 3.97. The van der Waals surface area contributed by atoms with E-state index in [4.69, 9.17) is 5.73 Å². The summed E-state index contributed by atoms with van der Waals surface area (Å²) in [6.07, 6.45) is 8.36. The van der Waals surface area contributed by atoms with Crippen LogP contribution in [-0.4, -0.2) is 29.6 Å². The van der Waals surface area contributed by atoms with Crippen molar-refractivity contribution in [2.75, 3.05) is 6.54 Å². The maximum absolute atomic E-state index is 5.83. The van der Waals surface area contributed by atoms with Gasteiger partial charge in [0.15, 0.2) is 0 Å². The van der Waals surface area contributed by atoms with Gasteiger partial charge in [0, 0.05) is 24.7 Å². The molecule has 0 radical (unpaired) electrons. The van der Waals surface area contributed by atoms with E-state index in [1.54, 1.807) is 0 Å². The normalized spacial score (nSPS) is 37.4. The van der Waals surface area contributed by atoms with Crippen molar-refractivity contribution in [1.82, 2.24) is 4.90 Å². The van der Waals surface area contributed by atoms with Crippen LogP contribution in [0.25, 0.3) is 0 Å². The predicted octanol–water partition coefficient (Wildman–Crippen LogP) is 1.74. The van der Waals surface area contributed by atoms with Crippen LogP contribution in [0, 0.1) is 0 Å². The highest BCUT2D eigenvalue weighted by atomic mass is 15.2. The number of hydrogen-bond donors (Lipinski definition) is 1. The fraction of sp³-hybridized carbons (Fsp3) is 1.00. The monoisotopic (exact) mass is 182 g/mol. The molecule has 76 valence electrons. The summed E-state index contributed by atoms with van der Waals surface area (Å²) in [5.41, 5.74) is 5.83. The number of nitrogens with zero attached hydrogens (tertiary/aromatic N) is 1. The summed E-state index contributed by atoms with van der Waals surface area (Å²) in [6.45, 7) is 3.24. The molecule has 0 amide bonds. The molecule has 0 spiro atoms. The Morgan fingerprint density at radius 2 is 1.85 bits per heavy atom. The molecule has 13 heavy (non-hydrogen) atoms.